The number of hydrogen-bond acceptors (Lipinski definition) is 3. The van der Waals surface area contributed by atoms with Gasteiger partial charge in [-0.15, -0.1) is 0 Å². The van der Waals surface area contributed by atoms with Crippen molar-refractivity contribution in [2.24, 2.45) is 12.8 Å². The van der Waals surface area contributed by atoms with Gasteiger partial charge in [-0.05, 0) is 24.1 Å². The number of halogens is 1. The number of nitrogens with two attached hydrogens (primary N) is 1. The summed E-state index contributed by atoms with van der Waals surface area (Å²) in [6.45, 7) is 1.97. The highest BCUT2D eigenvalue weighted by atomic mass is 19.1. The number of amides is 1. The fraction of sp³-hybridized carbons (Fsp3) is 0.375. The Morgan fingerprint density at radius 1 is 1.50 bits per heavy atom. The van der Waals surface area contributed by atoms with Gasteiger partial charge in [0.25, 0.3) is 0 Å². The summed E-state index contributed by atoms with van der Waals surface area (Å²) in [4.78, 5) is 16.5. The lowest BCUT2D eigenvalue weighted by Gasteiger charge is -2.21. The smallest absolute Gasteiger partial charge is 0.237 e. The van der Waals surface area contributed by atoms with Gasteiger partial charge in [0, 0.05) is 19.4 Å². The first-order valence-corrected chi connectivity index (χ1v) is 7.31. The van der Waals surface area contributed by atoms with Gasteiger partial charge in [-0.2, -0.15) is 0 Å². The van der Waals surface area contributed by atoms with E-state index in [1.807, 2.05) is 14.0 Å². The van der Waals surface area contributed by atoms with Crippen molar-refractivity contribution in [1.29, 1.82) is 0 Å². The number of aromatic nitrogens is 2. The van der Waals surface area contributed by atoms with Crippen LogP contribution in [-0.4, -0.2) is 21.5 Å². The van der Waals surface area contributed by atoms with Crippen LogP contribution < -0.4 is 11.1 Å². The van der Waals surface area contributed by atoms with Crippen molar-refractivity contribution in [3.05, 3.63) is 53.9 Å². The van der Waals surface area contributed by atoms with Crippen LogP contribution in [0, 0.1) is 5.82 Å². The average molecular weight is 304 g/mol. The van der Waals surface area contributed by atoms with E-state index in [0.717, 1.165) is 6.42 Å². The fourth-order valence-corrected chi connectivity index (χ4v) is 2.33. The van der Waals surface area contributed by atoms with Gasteiger partial charge in [-0.1, -0.05) is 25.5 Å². The Hall–Kier alpha value is -2.21. The maximum atomic E-state index is 13.5. The molecule has 0 aliphatic heterocycles. The van der Waals surface area contributed by atoms with E-state index in [9.17, 15) is 9.18 Å². The quantitative estimate of drug-likeness (QED) is 0.856. The zero-order valence-corrected chi connectivity index (χ0v) is 12.8. The molecule has 0 spiro atoms. The Morgan fingerprint density at radius 2 is 2.27 bits per heavy atom. The first-order chi connectivity index (χ1) is 10.5. The Labute approximate surface area is 129 Å². The maximum Gasteiger partial charge on any atom is 0.237 e. The number of carbonyl (C=O) groups excluding carboxylic acids is 1. The molecule has 0 aliphatic rings. The molecular formula is C16H21FN4O. The molecule has 0 bridgehead atoms. The predicted molar refractivity (Wildman–Crippen MR) is 82.5 cm³/mol. The monoisotopic (exact) mass is 304 g/mol. The van der Waals surface area contributed by atoms with Crippen LogP contribution in [-0.2, 0) is 11.8 Å². The van der Waals surface area contributed by atoms with Crippen LogP contribution in [0.25, 0.3) is 0 Å². The molecule has 1 aromatic heterocycles. The minimum Gasteiger partial charge on any atom is -0.341 e. The fourth-order valence-electron chi connectivity index (χ4n) is 2.33. The predicted octanol–water partition coefficient (Wildman–Crippen LogP) is 1.89. The standard InChI is InChI=1S/C16H21FN4O/c1-3-5-13(18)16(22)20-14(15-19-8-9-21(15)2)11-6-4-7-12(17)10-11/h4,6-10,13-14H,3,5,18H2,1-2H3,(H,20,22). The Balaban J connectivity index is 2.31. The summed E-state index contributed by atoms with van der Waals surface area (Å²) in [5.41, 5.74) is 6.49. The van der Waals surface area contributed by atoms with Crippen molar-refractivity contribution in [2.45, 2.75) is 31.8 Å². The van der Waals surface area contributed by atoms with Gasteiger partial charge in [0.1, 0.15) is 17.7 Å². The average Bonchev–Trinajstić information content (AvgIpc) is 2.90. The van der Waals surface area contributed by atoms with Gasteiger partial charge in [-0.25, -0.2) is 9.37 Å². The molecule has 2 atom stereocenters. The lowest BCUT2D eigenvalue weighted by molar-refractivity contribution is -0.123. The summed E-state index contributed by atoms with van der Waals surface area (Å²) in [7, 11) is 1.83. The molecule has 6 heteroatoms. The zero-order valence-electron chi connectivity index (χ0n) is 12.8. The largest absolute Gasteiger partial charge is 0.341 e. The van der Waals surface area contributed by atoms with E-state index in [-0.39, 0.29) is 11.7 Å². The summed E-state index contributed by atoms with van der Waals surface area (Å²) in [5.74, 6) is 0.00516. The maximum absolute atomic E-state index is 13.5. The highest BCUT2D eigenvalue weighted by Gasteiger charge is 2.23. The minimum atomic E-state index is -0.582. The lowest BCUT2D eigenvalue weighted by atomic mass is 10.0. The van der Waals surface area contributed by atoms with Crippen LogP contribution in [0.15, 0.2) is 36.7 Å². The number of aryl methyl sites for hydroxylation is 1. The van der Waals surface area contributed by atoms with Crippen LogP contribution in [0.2, 0.25) is 0 Å². The van der Waals surface area contributed by atoms with Crippen LogP contribution in [0.1, 0.15) is 37.2 Å². The van der Waals surface area contributed by atoms with Crippen LogP contribution in [0.3, 0.4) is 0 Å². The lowest BCUT2D eigenvalue weighted by Crippen LogP contribution is -2.43. The first-order valence-electron chi connectivity index (χ1n) is 7.31. The molecule has 2 unspecified atom stereocenters. The first kappa shape index (κ1) is 16.2. The summed E-state index contributed by atoms with van der Waals surface area (Å²) in [6.07, 6.45) is 4.84. The van der Waals surface area contributed by atoms with Crippen LogP contribution >= 0.6 is 0 Å². The molecule has 0 radical (unpaired) electrons. The molecule has 2 aromatic rings. The molecule has 1 heterocycles. The summed E-state index contributed by atoms with van der Waals surface area (Å²) in [6, 6.07) is 5.01. The molecule has 5 nitrogen and oxygen atoms in total. The molecule has 0 saturated carbocycles. The van der Waals surface area contributed by atoms with Crippen molar-refractivity contribution in [3.8, 4) is 0 Å². The van der Waals surface area contributed by atoms with E-state index in [2.05, 4.69) is 10.3 Å². The Morgan fingerprint density at radius 3 is 2.86 bits per heavy atom. The normalized spacial score (nSPS) is 13.6. The van der Waals surface area contributed by atoms with Crippen molar-refractivity contribution in [2.75, 3.05) is 0 Å². The van der Waals surface area contributed by atoms with E-state index in [1.165, 1.54) is 12.1 Å². The summed E-state index contributed by atoms with van der Waals surface area (Å²) >= 11 is 0. The van der Waals surface area contributed by atoms with Gasteiger partial charge in [-0.3, -0.25) is 4.79 Å². The van der Waals surface area contributed by atoms with Crippen LogP contribution in [0.4, 0.5) is 4.39 Å². The SMILES string of the molecule is CCCC(N)C(=O)NC(c1cccc(F)c1)c1nccn1C. The Kier molecular flexibility index (Phi) is 5.27. The van der Waals surface area contributed by atoms with E-state index >= 15 is 0 Å². The number of imidazole rings is 1. The molecule has 118 valence electrons. The van der Waals surface area contributed by atoms with Gasteiger partial charge < -0.3 is 15.6 Å². The molecule has 3 N–H and O–H groups in total. The number of nitrogens with zero attached hydrogens (tertiary/aromatic N) is 2. The van der Waals surface area contributed by atoms with Crippen molar-refractivity contribution >= 4 is 5.91 Å². The molecule has 0 fully saturated rings. The third-order valence-corrected chi connectivity index (χ3v) is 3.52. The molecule has 1 aromatic carbocycles. The second-order valence-corrected chi connectivity index (χ2v) is 5.29. The zero-order chi connectivity index (χ0) is 16.1. The van der Waals surface area contributed by atoms with Crippen molar-refractivity contribution < 1.29 is 9.18 Å². The van der Waals surface area contributed by atoms with Crippen molar-refractivity contribution in [3.63, 3.8) is 0 Å². The summed E-state index contributed by atoms with van der Waals surface area (Å²) < 4.78 is 15.3. The second kappa shape index (κ2) is 7.17. The number of carbonyl (C=O) groups is 1. The van der Waals surface area contributed by atoms with Gasteiger partial charge >= 0.3 is 0 Å². The molecule has 0 aliphatic carbocycles. The number of rotatable bonds is 6. The van der Waals surface area contributed by atoms with Gasteiger partial charge in [0.15, 0.2) is 0 Å². The van der Waals surface area contributed by atoms with E-state index < -0.39 is 12.1 Å². The van der Waals surface area contributed by atoms with E-state index in [1.54, 1.807) is 29.1 Å². The van der Waals surface area contributed by atoms with Crippen LogP contribution in [0.5, 0.6) is 0 Å². The molecule has 22 heavy (non-hydrogen) atoms. The topological polar surface area (TPSA) is 72.9 Å². The summed E-state index contributed by atoms with van der Waals surface area (Å²) in [5, 5.41) is 2.87. The third kappa shape index (κ3) is 3.71. The molecule has 2 rings (SSSR count). The third-order valence-electron chi connectivity index (χ3n) is 3.52. The highest BCUT2D eigenvalue weighted by Crippen LogP contribution is 2.21. The number of nitrogens with one attached hydrogen (secondary N) is 1. The van der Waals surface area contributed by atoms with E-state index in [0.29, 0.717) is 17.8 Å². The highest BCUT2D eigenvalue weighted by molar-refractivity contribution is 5.82. The molecule has 0 saturated heterocycles. The number of benzene rings is 1. The van der Waals surface area contributed by atoms with Gasteiger partial charge in [0.2, 0.25) is 5.91 Å². The molecular weight excluding hydrogens is 283 g/mol. The second-order valence-electron chi connectivity index (χ2n) is 5.29. The number of hydrogen-bond donors (Lipinski definition) is 2. The van der Waals surface area contributed by atoms with Gasteiger partial charge in [0.05, 0.1) is 6.04 Å². The van der Waals surface area contributed by atoms with Crippen molar-refractivity contribution in [1.82, 2.24) is 14.9 Å². The van der Waals surface area contributed by atoms with E-state index in [4.69, 9.17) is 5.73 Å². The molecule has 1 amide bonds. The minimum absolute atomic E-state index is 0.265. The Bertz CT molecular complexity index is 641.